The summed E-state index contributed by atoms with van der Waals surface area (Å²) in [6.45, 7) is 0. The number of nitrogens with two attached hydrogens (primary N) is 1. The molecule has 1 saturated carbocycles. The largest absolute Gasteiger partial charge is 0.495 e. The van der Waals surface area contributed by atoms with Crippen LogP contribution in [0.1, 0.15) is 12.8 Å². The number of anilines is 1. The zero-order valence-electron chi connectivity index (χ0n) is 10.3. The number of methoxy groups -OCH3 is 1. The number of aliphatic hydroxyl groups excluding tert-OH is 1. The molecule has 106 valence electrons. The van der Waals surface area contributed by atoms with Crippen molar-refractivity contribution in [3.05, 3.63) is 16.6 Å². The molecule has 1 fully saturated rings. The number of sulfonamides is 1. The van der Waals surface area contributed by atoms with Crippen molar-refractivity contribution >= 4 is 31.6 Å². The Morgan fingerprint density at radius 3 is 2.63 bits per heavy atom. The summed E-state index contributed by atoms with van der Waals surface area (Å²) in [6, 6.07) is 2.62. The predicted molar refractivity (Wildman–Crippen MR) is 74.5 cm³/mol. The van der Waals surface area contributed by atoms with Crippen LogP contribution < -0.4 is 15.2 Å². The quantitative estimate of drug-likeness (QED) is 0.698. The Bertz CT molecular complexity index is 585. The first-order valence-electron chi connectivity index (χ1n) is 5.67. The monoisotopic (exact) mass is 350 g/mol. The minimum absolute atomic E-state index is 0.00269. The highest BCUT2D eigenvalue weighted by atomic mass is 79.9. The van der Waals surface area contributed by atoms with E-state index in [2.05, 4.69) is 20.7 Å². The number of nitrogens with one attached hydrogen (secondary N) is 1. The van der Waals surface area contributed by atoms with E-state index >= 15 is 0 Å². The second kappa shape index (κ2) is 5.28. The lowest BCUT2D eigenvalue weighted by Gasteiger charge is -2.31. The molecule has 8 heteroatoms. The third-order valence-corrected chi connectivity index (χ3v) is 5.24. The van der Waals surface area contributed by atoms with Crippen molar-refractivity contribution in [2.75, 3.05) is 12.8 Å². The first-order chi connectivity index (χ1) is 8.83. The van der Waals surface area contributed by atoms with Crippen molar-refractivity contribution in [1.29, 1.82) is 0 Å². The molecule has 0 atom stereocenters. The minimum atomic E-state index is -3.71. The van der Waals surface area contributed by atoms with Crippen LogP contribution in [-0.2, 0) is 10.0 Å². The van der Waals surface area contributed by atoms with Gasteiger partial charge in [0.2, 0.25) is 10.0 Å². The fourth-order valence-corrected chi connectivity index (χ4v) is 3.66. The summed E-state index contributed by atoms with van der Waals surface area (Å²) in [6.07, 6.45) is 0.422. The van der Waals surface area contributed by atoms with Gasteiger partial charge >= 0.3 is 0 Å². The second-order valence-corrected chi connectivity index (χ2v) is 7.00. The van der Waals surface area contributed by atoms with Gasteiger partial charge in [0.05, 0.1) is 13.2 Å². The number of ether oxygens (including phenoxy) is 1. The highest BCUT2D eigenvalue weighted by Gasteiger charge is 2.32. The van der Waals surface area contributed by atoms with E-state index in [1.165, 1.54) is 19.2 Å². The van der Waals surface area contributed by atoms with Gasteiger partial charge in [-0.2, -0.15) is 0 Å². The summed E-state index contributed by atoms with van der Waals surface area (Å²) in [5, 5.41) is 9.18. The molecule has 0 bridgehead atoms. The van der Waals surface area contributed by atoms with Gasteiger partial charge in [-0.15, -0.1) is 0 Å². The Labute approximate surface area is 120 Å². The molecular formula is C11H15BrN2O4S. The highest BCUT2D eigenvalue weighted by Crippen LogP contribution is 2.33. The maximum atomic E-state index is 12.2. The van der Waals surface area contributed by atoms with Gasteiger partial charge in [-0.05, 0) is 40.9 Å². The first-order valence-corrected chi connectivity index (χ1v) is 7.94. The van der Waals surface area contributed by atoms with Crippen LogP contribution in [0.4, 0.5) is 5.69 Å². The number of benzene rings is 1. The lowest BCUT2D eigenvalue weighted by Crippen LogP contribution is -2.46. The number of hydrogen-bond donors (Lipinski definition) is 3. The lowest BCUT2D eigenvalue weighted by molar-refractivity contribution is 0.0712. The number of nitrogen functional groups attached to an aromatic ring is 1. The van der Waals surface area contributed by atoms with E-state index in [0.29, 0.717) is 23.0 Å². The maximum absolute atomic E-state index is 12.2. The van der Waals surface area contributed by atoms with Gasteiger partial charge in [0.1, 0.15) is 10.6 Å². The SMILES string of the molecule is COc1cc(Br)c(N)cc1S(=O)(=O)NC1CC(O)C1. The Morgan fingerprint density at radius 2 is 2.11 bits per heavy atom. The molecule has 0 aliphatic heterocycles. The van der Waals surface area contributed by atoms with Gasteiger partial charge in [-0.1, -0.05) is 0 Å². The molecule has 0 saturated heterocycles. The van der Waals surface area contributed by atoms with E-state index in [-0.39, 0.29) is 16.7 Å². The van der Waals surface area contributed by atoms with Gasteiger partial charge in [0.25, 0.3) is 0 Å². The van der Waals surface area contributed by atoms with Crippen molar-refractivity contribution in [3.8, 4) is 5.75 Å². The zero-order chi connectivity index (χ0) is 14.2. The van der Waals surface area contributed by atoms with Gasteiger partial charge in [0, 0.05) is 16.2 Å². The number of halogens is 1. The number of rotatable bonds is 4. The summed E-state index contributed by atoms with van der Waals surface area (Å²) < 4.78 is 32.6. The predicted octanol–water partition coefficient (Wildman–Crippen LogP) is 0.841. The van der Waals surface area contributed by atoms with Crippen LogP contribution in [0.5, 0.6) is 5.75 Å². The number of hydrogen-bond acceptors (Lipinski definition) is 5. The fraction of sp³-hybridized carbons (Fsp3) is 0.455. The second-order valence-electron chi connectivity index (χ2n) is 4.47. The molecule has 6 nitrogen and oxygen atoms in total. The summed E-state index contributed by atoms with van der Waals surface area (Å²) >= 11 is 3.22. The zero-order valence-corrected chi connectivity index (χ0v) is 12.7. The van der Waals surface area contributed by atoms with Gasteiger partial charge < -0.3 is 15.6 Å². The van der Waals surface area contributed by atoms with Crippen LogP contribution in [0, 0.1) is 0 Å². The van der Waals surface area contributed by atoms with E-state index in [4.69, 9.17) is 10.5 Å². The van der Waals surface area contributed by atoms with E-state index in [1.54, 1.807) is 0 Å². The first kappa shape index (κ1) is 14.6. The average molecular weight is 351 g/mol. The summed E-state index contributed by atoms with van der Waals surface area (Å²) in [7, 11) is -2.32. The summed E-state index contributed by atoms with van der Waals surface area (Å²) in [4.78, 5) is -0.00269. The van der Waals surface area contributed by atoms with Crippen molar-refractivity contribution in [1.82, 2.24) is 4.72 Å². The third-order valence-electron chi connectivity index (χ3n) is 3.01. The highest BCUT2D eigenvalue weighted by molar-refractivity contribution is 9.10. The van der Waals surface area contributed by atoms with Crippen LogP contribution in [0.15, 0.2) is 21.5 Å². The summed E-state index contributed by atoms with van der Waals surface area (Å²) in [5.41, 5.74) is 6.02. The standard InChI is InChI=1S/C11H15BrN2O4S/c1-18-10-4-8(12)9(13)5-11(10)19(16,17)14-6-2-7(15)3-6/h4-7,14-15H,2-3,13H2,1H3. The topological polar surface area (TPSA) is 102 Å². The molecule has 1 aliphatic carbocycles. The Hall–Kier alpha value is -0.830. The Kier molecular flexibility index (Phi) is 4.05. The smallest absolute Gasteiger partial charge is 0.244 e. The van der Waals surface area contributed by atoms with Crippen molar-refractivity contribution < 1.29 is 18.3 Å². The van der Waals surface area contributed by atoms with Crippen LogP contribution in [0.3, 0.4) is 0 Å². The molecule has 0 spiro atoms. The number of aliphatic hydroxyl groups is 1. The van der Waals surface area contributed by atoms with Gasteiger partial charge in [0.15, 0.2) is 0 Å². The molecule has 0 radical (unpaired) electrons. The molecule has 4 N–H and O–H groups in total. The molecule has 19 heavy (non-hydrogen) atoms. The maximum Gasteiger partial charge on any atom is 0.244 e. The third kappa shape index (κ3) is 3.02. The average Bonchev–Trinajstić information content (AvgIpc) is 2.29. The molecular weight excluding hydrogens is 336 g/mol. The van der Waals surface area contributed by atoms with Crippen molar-refractivity contribution in [3.63, 3.8) is 0 Å². The molecule has 0 unspecified atom stereocenters. The van der Waals surface area contributed by atoms with E-state index < -0.39 is 16.1 Å². The normalized spacial score (nSPS) is 22.9. The van der Waals surface area contributed by atoms with Crippen LogP contribution in [0.2, 0.25) is 0 Å². The molecule has 2 rings (SSSR count). The van der Waals surface area contributed by atoms with Crippen LogP contribution >= 0.6 is 15.9 Å². The minimum Gasteiger partial charge on any atom is -0.495 e. The van der Waals surface area contributed by atoms with E-state index in [0.717, 1.165) is 0 Å². The van der Waals surface area contributed by atoms with Crippen LogP contribution in [0.25, 0.3) is 0 Å². The molecule has 1 aromatic carbocycles. The lowest BCUT2D eigenvalue weighted by atomic mass is 9.91. The fourth-order valence-electron chi connectivity index (χ4n) is 1.89. The van der Waals surface area contributed by atoms with Crippen molar-refractivity contribution in [2.45, 2.75) is 29.9 Å². The van der Waals surface area contributed by atoms with Gasteiger partial charge in [-0.3, -0.25) is 0 Å². The molecule has 0 amide bonds. The molecule has 1 aliphatic rings. The van der Waals surface area contributed by atoms with Crippen LogP contribution in [-0.4, -0.2) is 32.8 Å². The Morgan fingerprint density at radius 1 is 1.47 bits per heavy atom. The molecule has 1 aromatic rings. The summed E-state index contributed by atoms with van der Waals surface area (Å²) in [5.74, 6) is 0.216. The van der Waals surface area contributed by atoms with Gasteiger partial charge in [-0.25, -0.2) is 13.1 Å². The molecule has 0 heterocycles. The Balaban J connectivity index is 2.31. The van der Waals surface area contributed by atoms with E-state index in [1.807, 2.05) is 0 Å². The van der Waals surface area contributed by atoms with E-state index in [9.17, 15) is 13.5 Å². The molecule has 0 aromatic heterocycles. The van der Waals surface area contributed by atoms with Crippen molar-refractivity contribution in [2.24, 2.45) is 0 Å².